The van der Waals surface area contributed by atoms with Gasteiger partial charge in [-0.2, -0.15) is 0 Å². The third-order valence-corrected chi connectivity index (χ3v) is 3.37. The van der Waals surface area contributed by atoms with Crippen LogP contribution in [0.3, 0.4) is 0 Å². The van der Waals surface area contributed by atoms with Crippen LogP contribution in [0.25, 0.3) is 0 Å². The molecular formula is C17H20N4O3. The van der Waals surface area contributed by atoms with Crippen LogP contribution in [0.2, 0.25) is 0 Å². The maximum atomic E-state index is 12.0. The number of likely N-dealkylation sites (N-methyl/N-ethyl adjacent to an activating group) is 1. The molecule has 0 aliphatic heterocycles. The smallest absolute Gasteiger partial charge is 0.275 e. The van der Waals surface area contributed by atoms with Gasteiger partial charge in [-0.05, 0) is 26.0 Å². The van der Waals surface area contributed by atoms with Gasteiger partial charge in [-0.25, -0.2) is 4.98 Å². The molecule has 1 aromatic carbocycles. The average Bonchev–Trinajstić information content (AvgIpc) is 2.62. The number of ether oxygens (including phenoxy) is 1. The van der Waals surface area contributed by atoms with E-state index in [9.17, 15) is 9.59 Å². The standard InChI is InChI=1S/C17H20N4O3/c1-3-21(4-2)16(22)12-24-14-7-5-6-13(10-14)20-17(23)15-11-18-8-9-19-15/h5-11H,3-4,12H2,1-2H3,(H,20,23). The highest BCUT2D eigenvalue weighted by Gasteiger charge is 2.11. The molecule has 2 amide bonds. The Kier molecular flexibility index (Phi) is 6.24. The van der Waals surface area contributed by atoms with Crippen molar-refractivity contribution in [3.8, 4) is 5.75 Å². The van der Waals surface area contributed by atoms with Gasteiger partial charge < -0.3 is 15.0 Å². The Labute approximate surface area is 140 Å². The van der Waals surface area contributed by atoms with Gasteiger partial charge in [0.25, 0.3) is 11.8 Å². The molecule has 2 aromatic rings. The number of benzene rings is 1. The van der Waals surface area contributed by atoms with Crippen molar-refractivity contribution < 1.29 is 14.3 Å². The lowest BCUT2D eigenvalue weighted by atomic mass is 10.3. The zero-order valence-electron chi connectivity index (χ0n) is 13.7. The van der Waals surface area contributed by atoms with E-state index < -0.39 is 0 Å². The van der Waals surface area contributed by atoms with Gasteiger partial charge in [0, 0.05) is 37.2 Å². The first-order valence-electron chi connectivity index (χ1n) is 7.72. The summed E-state index contributed by atoms with van der Waals surface area (Å²) in [5.41, 5.74) is 0.777. The molecule has 0 spiro atoms. The number of amides is 2. The largest absolute Gasteiger partial charge is 0.484 e. The molecule has 24 heavy (non-hydrogen) atoms. The predicted molar refractivity (Wildman–Crippen MR) is 89.9 cm³/mol. The Balaban J connectivity index is 1.96. The van der Waals surface area contributed by atoms with E-state index in [-0.39, 0.29) is 24.1 Å². The predicted octanol–water partition coefficient (Wildman–Crippen LogP) is 1.98. The summed E-state index contributed by atoms with van der Waals surface area (Å²) in [6, 6.07) is 6.86. The summed E-state index contributed by atoms with van der Waals surface area (Å²) in [6.07, 6.45) is 4.34. The van der Waals surface area contributed by atoms with Gasteiger partial charge in [-0.1, -0.05) is 6.07 Å². The molecule has 0 unspecified atom stereocenters. The van der Waals surface area contributed by atoms with Gasteiger partial charge in [-0.3, -0.25) is 14.6 Å². The fourth-order valence-corrected chi connectivity index (χ4v) is 2.09. The van der Waals surface area contributed by atoms with Crippen molar-refractivity contribution in [1.29, 1.82) is 0 Å². The summed E-state index contributed by atoms with van der Waals surface area (Å²) in [5, 5.41) is 2.71. The molecule has 7 heteroatoms. The number of rotatable bonds is 7. The molecular weight excluding hydrogens is 308 g/mol. The maximum absolute atomic E-state index is 12.0. The lowest BCUT2D eigenvalue weighted by molar-refractivity contribution is -0.132. The fraction of sp³-hybridized carbons (Fsp3) is 0.294. The molecule has 2 rings (SSSR count). The number of hydrogen-bond acceptors (Lipinski definition) is 5. The first-order chi connectivity index (χ1) is 11.6. The highest BCUT2D eigenvalue weighted by molar-refractivity contribution is 6.02. The average molecular weight is 328 g/mol. The second-order valence-electron chi connectivity index (χ2n) is 4.93. The minimum atomic E-state index is -0.362. The molecule has 1 N–H and O–H groups in total. The maximum Gasteiger partial charge on any atom is 0.275 e. The molecule has 1 heterocycles. The highest BCUT2D eigenvalue weighted by atomic mass is 16.5. The number of carbonyl (C=O) groups is 2. The van der Waals surface area contributed by atoms with E-state index in [4.69, 9.17) is 4.74 Å². The van der Waals surface area contributed by atoms with Gasteiger partial charge >= 0.3 is 0 Å². The van der Waals surface area contributed by atoms with E-state index >= 15 is 0 Å². The lowest BCUT2D eigenvalue weighted by Gasteiger charge is -2.18. The van der Waals surface area contributed by atoms with Crippen LogP contribution in [0.5, 0.6) is 5.75 Å². The van der Waals surface area contributed by atoms with Crippen molar-refractivity contribution in [1.82, 2.24) is 14.9 Å². The number of nitrogens with one attached hydrogen (secondary N) is 1. The van der Waals surface area contributed by atoms with Crippen LogP contribution in [0.4, 0.5) is 5.69 Å². The minimum absolute atomic E-state index is 0.0385. The Morgan fingerprint density at radius 2 is 2.00 bits per heavy atom. The van der Waals surface area contributed by atoms with Crippen LogP contribution >= 0.6 is 0 Å². The quantitative estimate of drug-likeness (QED) is 0.840. The van der Waals surface area contributed by atoms with E-state index in [2.05, 4.69) is 15.3 Å². The first-order valence-corrected chi connectivity index (χ1v) is 7.72. The van der Waals surface area contributed by atoms with Crippen molar-refractivity contribution >= 4 is 17.5 Å². The Bertz CT molecular complexity index is 687. The van der Waals surface area contributed by atoms with Gasteiger partial charge in [0.15, 0.2) is 6.61 Å². The van der Waals surface area contributed by atoms with E-state index in [0.29, 0.717) is 24.5 Å². The van der Waals surface area contributed by atoms with Crippen LogP contribution < -0.4 is 10.1 Å². The Morgan fingerprint density at radius 3 is 2.67 bits per heavy atom. The summed E-state index contributed by atoms with van der Waals surface area (Å²) in [4.78, 5) is 33.5. The van der Waals surface area contributed by atoms with Crippen LogP contribution in [0, 0.1) is 0 Å². The van der Waals surface area contributed by atoms with Crippen molar-refractivity contribution in [2.45, 2.75) is 13.8 Å². The molecule has 126 valence electrons. The van der Waals surface area contributed by atoms with Crippen molar-refractivity contribution in [2.75, 3.05) is 25.0 Å². The van der Waals surface area contributed by atoms with E-state index in [0.717, 1.165) is 0 Å². The first kappa shape index (κ1) is 17.4. The van der Waals surface area contributed by atoms with Gasteiger partial charge in [-0.15, -0.1) is 0 Å². The number of carbonyl (C=O) groups excluding carboxylic acids is 2. The molecule has 0 saturated carbocycles. The number of anilines is 1. The van der Waals surface area contributed by atoms with E-state index in [1.54, 1.807) is 29.2 Å². The Hall–Kier alpha value is -2.96. The van der Waals surface area contributed by atoms with E-state index in [1.807, 2.05) is 13.8 Å². The van der Waals surface area contributed by atoms with Crippen molar-refractivity contribution in [3.05, 3.63) is 48.5 Å². The molecule has 1 aromatic heterocycles. The number of aromatic nitrogens is 2. The number of hydrogen-bond donors (Lipinski definition) is 1. The van der Waals surface area contributed by atoms with Crippen LogP contribution in [-0.2, 0) is 4.79 Å². The van der Waals surface area contributed by atoms with Crippen LogP contribution in [-0.4, -0.2) is 46.4 Å². The second-order valence-corrected chi connectivity index (χ2v) is 4.93. The molecule has 0 radical (unpaired) electrons. The molecule has 0 fully saturated rings. The zero-order valence-corrected chi connectivity index (χ0v) is 13.7. The summed E-state index contributed by atoms with van der Waals surface area (Å²) in [7, 11) is 0. The molecule has 0 aliphatic rings. The topological polar surface area (TPSA) is 84.4 Å². The third-order valence-electron chi connectivity index (χ3n) is 3.37. The van der Waals surface area contributed by atoms with Crippen LogP contribution in [0.1, 0.15) is 24.3 Å². The zero-order chi connectivity index (χ0) is 17.4. The molecule has 7 nitrogen and oxygen atoms in total. The second kappa shape index (κ2) is 8.61. The normalized spacial score (nSPS) is 10.1. The fourth-order valence-electron chi connectivity index (χ4n) is 2.09. The molecule has 0 atom stereocenters. The highest BCUT2D eigenvalue weighted by Crippen LogP contribution is 2.18. The minimum Gasteiger partial charge on any atom is -0.484 e. The molecule has 0 bridgehead atoms. The lowest BCUT2D eigenvalue weighted by Crippen LogP contribution is -2.34. The Morgan fingerprint density at radius 1 is 1.21 bits per heavy atom. The van der Waals surface area contributed by atoms with Crippen molar-refractivity contribution in [3.63, 3.8) is 0 Å². The third kappa shape index (κ3) is 4.77. The molecule has 0 aliphatic carbocycles. The number of nitrogens with zero attached hydrogens (tertiary/aromatic N) is 3. The van der Waals surface area contributed by atoms with Gasteiger partial charge in [0.2, 0.25) is 0 Å². The van der Waals surface area contributed by atoms with E-state index in [1.165, 1.54) is 18.6 Å². The van der Waals surface area contributed by atoms with Gasteiger partial charge in [0.05, 0.1) is 6.20 Å². The SMILES string of the molecule is CCN(CC)C(=O)COc1cccc(NC(=O)c2cnccn2)c1. The monoisotopic (exact) mass is 328 g/mol. The molecule has 0 saturated heterocycles. The summed E-state index contributed by atoms with van der Waals surface area (Å²) < 4.78 is 5.51. The van der Waals surface area contributed by atoms with Crippen LogP contribution in [0.15, 0.2) is 42.9 Å². The summed E-state index contributed by atoms with van der Waals surface area (Å²) >= 11 is 0. The van der Waals surface area contributed by atoms with Crippen molar-refractivity contribution in [2.24, 2.45) is 0 Å². The van der Waals surface area contributed by atoms with Gasteiger partial charge in [0.1, 0.15) is 11.4 Å². The summed E-state index contributed by atoms with van der Waals surface area (Å²) in [5.74, 6) is 0.0703. The summed E-state index contributed by atoms with van der Waals surface area (Å²) in [6.45, 7) is 5.09.